The summed E-state index contributed by atoms with van der Waals surface area (Å²) >= 11 is 0. The van der Waals surface area contributed by atoms with E-state index in [-0.39, 0.29) is 0 Å². The summed E-state index contributed by atoms with van der Waals surface area (Å²) in [5, 5.41) is 3.25. The largest absolute Gasteiger partial charge is 0.490 e. The number of rotatable bonds is 4. The van der Waals surface area contributed by atoms with E-state index in [1.165, 1.54) is 19.3 Å². The van der Waals surface area contributed by atoms with Crippen LogP contribution < -0.4 is 10.1 Å². The van der Waals surface area contributed by atoms with E-state index in [1.54, 1.807) is 0 Å². The first-order valence-corrected chi connectivity index (χ1v) is 5.76. The predicted molar refractivity (Wildman–Crippen MR) is 62.1 cm³/mol. The Hall–Kier alpha value is -1.02. The van der Waals surface area contributed by atoms with Crippen molar-refractivity contribution in [2.24, 2.45) is 5.92 Å². The molecular weight excluding hydrogens is 186 g/mol. The van der Waals surface area contributed by atoms with Crippen LogP contribution in [0.3, 0.4) is 0 Å². The summed E-state index contributed by atoms with van der Waals surface area (Å²) in [5.74, 6) is 1.68. The van der Waals surface area contributed by atoms with Crippen molar-refractivity contribution in [3.05, 3.63) is 30.3 Å². The highest BCUT2D eigenvalue weighted by atomic mass is 16.5. The van der Waals surface area contributed by atoms with Gasteiger partial charge in [0.15, 0.2) is 0 Å². The minimum Gasteiger partial charge on any atom is -0.490 e. The van der Waals surface area contributed by atoms with Gasteiger partial charge < -0.3 is 10.1 Å². The Morgan fingerprint density at radius 1 is 1.27 bits per heavy atom. The van der Waals surface area contributed by atoms with Gasteiger partial charge in [0.1, 0.15) is 11.9 Å². The van der Waals surface area contributed by atoms with Crippen molar-refractivity contribution < 1.29 is 4.74 Å². The fourth-order valence-corrected chi connectivity index (χ4v) is 2.33. The van der Waals surface area contributed by atoms with Gasteiger partial charge in [-0.15, -0.1) is 0 Å². The van der Waals surface area contributed by atoms with Gasteiger partial charge in [-0.05, 0) is 38.4 Å². The molecule has 0 bridgehead atoms. The first kappa shape index (κ1) is 10.5. The molecule has 2 heteroatoms. The van der Waals surface area contributed by atoms with E-state index in [9.17, 15) is 0 Å². The summed E-state index contributed by atoms with van der Waals surface area (Å²) in [7, 11) is 2.01. The van der Waals surface area contributed by atoms with Gasteiger partial charge in [0.25, 0.3) is 0 Å². The Morgan fingerprint density at radius 2 is 2.07 bits per heavy atom. The normalized spacial score (nSPS) is 25.4. The minimum absolute atomic E-state index is 0.403. The molecule has 1 aromatic carbocycles. The van der Waals surface area contributed by atoms with Crippen LogP contribution in [0.2, 0.25) is 0 Å². The summed E-state index contributed by atoms with van der Waals surface area (Å²) in [5.41, 5.74) is 0. The molecule has 1 aromatic rings. The molecule has 1 N–H and O–H groups in total. The molecule has 0 aliphatic heterocycles. The number of nitrogens with one attached hydrogen (secondary N) is 1. The molecule has 0 spiro atoms. The molecule has 82 valence electrons. The average molecular weight is 205 g/mol. The van der Waals surface area contributed by atoms with E-state index < -0.39 is 0 Å². The lowest BCUT2D eigenvalue weighted by molar-refractivity contribution is 0.158. The van der Waals surface area contributed by atoms with Crippen LogP contribution in [0.25, 0.3) is 0 Å². The molecule has 1 aliphatic rings. The molecular formula is C13H19NO. The first-order valence-electron chi connectivity index (χ1n) is 5.76. The maximum Gasteiger partial charge on any atom is 0.119 e. The highest BCUT2D eigenvalue weighted by molar-refractivity contribution is 5.21. The van der Waals surface area contributed by atoms with Crippen molar-refractivity contribution in [2.75, 3.05) is 13.6 Å². The van der Waals surface area contributed by atoms with Gasteiger partial charge >= 0.3 is 0 Å². The summed E-state index contributed by atoms with van der Waals surface area (Å²) < 4.78 is 6.00. The number of hydrogen-bond acceptors (Lipinski definition) is 2. The minimum atomic E-state index is 0.403. The summed E-state index contributed by atoms with van der Waals surface area (Å²) in [4.78, 5) is 0. The molecule has 1 saturated carbocycles. The molecule has 15 heavy (non-hydrogen) atoms. The van der Waals surface area contributed by atoms with Crippen LogP contribution in [0, 0.1) is 5.92 Å². The third kappa shape index (κ3) is 2.72. The van der Waals surface area contributed by atoms with Gasteiger partial charge in [-0.3, -0.25) is 0 Å². The Balaban J connectivity index is 1.93. The number of ether oxygens (including phenoxy) is 1. The third-order valence-electron chi connectivity index (χ3n) is 3.09. The Morgan fingerprint density at radius 3 is 2.80 bits per heavy atom. The average Bonchev–Trinajstić information content (AvgIpc) is 2.68. The smallest absolute Gasteiger partial charge is 0.119 e. The van der Waals surface area contributed by atoms with Crippen molar-refractivity contribution >= 4 is 0 Å². The zero-order chi connectivity index (χ0) is 10.5. The lowest BCUT2D eigenvalue weighted by atomic mass is 10.1. The molecule has 1 fully saturated rings. The molecule has 2 nitrogen and oxygen atoms in total. The quantitative estimate of drug-likeness (QED) is 0.815. The summed E-state index contributed by atoms with van der Waals surface area (Å²) in [6, 6.07) is 10.1. The molecule has 0 radical (unpaired) electrons. The van der Waals surface area contributed by atoms with Crippen LogP contribution in [-0.4, -0.2) is 19.7 Å². The fraction of sp³-hybridized carbons (Fsp3) is 0.538. The van der Waals surface area contributed by atoms with E-state index in [1.807, 2.05) is 37.4 Å². The number of benzene rings is 1. The Labute approximate surface area is 91.6 Å². The van der Waals surface area contributed by atoms with E-state index in [2.05, 4.69) is 5.32 Å². The zero-order valence-electron chi connectivity index (χ0n) is 9.28. The van der Waals surface area contributed by atoms with Crippen molar-refractivity contribution in [1.29, 1.82) is 0 Å². The second-order valence-electron chi connectivity index (χ2n) is 4.22. The highest BCUT2D eigenvalue weighted by Gasteiger charge is 2.28. The van der Waals surface area contributed by atoms with Gasteiger partial charge in [0, 0.05) is 12.5 Å². The third-order valence-corrected chi connectivity index (χ3v) is 3.09. The van der Waals surface area contributed by atoms with E-state index in [0.717, 1.165) is 12.3 Å². The van der Waals surface area contributed by atoms with Crippen molar-refractivity contribution in [1.82, 2.24) is 5.32 Å². The maximum absolute atomic E-state index is 6.00. The second kappa shape index (κ2) is 5.17. The molecule has 0 saturated heterocycles. The standard InChI is InChI=1S/C13H19NO/c1-14-10-11-6-5-9-13(11)15-12-7-3-2-4-8-12/h2-4,7-8,11,13-14H,5-6,9-10H2,1H3. The van der Waals surface area contributed by atoms with Gasteiger partial charge in [-0.25, -0.2) is 0 Å². The fourth-order valence-electron chi connectivity index (χ4n) is 2.33. The highest BCUT2D eigenvalue weighted by Crippen LogP contribution is 2.29. The Kier molecular flexibility index (Phi) is 3.62. The van der Waals surface area contributed by atoms with Gasteiger partial charge in [0.05, 0.1) is 0 Å². The molecule has 0 heterocycles. The Bertz CT molecular complexity index is 286. The van der Waals surface area contributed by atoms with Gasteiger partial charge in [0.2, 0.25) is 0 Å². The van der Waals surface area contributed by atoms with Crippen molar-refractivity contribution in [3.63, 3.8) is 0 Å². The van der Waals surface area contributed by atoms with E-state index >= 15 is 0 Å². The molecule has 0 aromatic heterocycles. The monoisotopic (exact) mass is 205 g/mol. The molecule has 2 atom stereocenters. The predicted octanol–water partition coefficient (Wildman–Crippen LogP) is 2.45. The van der Waals surface area contributed by atoms with E-state index in [0.29, 0.717) is 12.0 Å². The first-order chi connectivity index (χ1) is 7.40. The lowest BCUT2D eigenvalue weighted by Crippen LogP contribution is -2.29. The second-order valence-corrected chi connectivity index (χ2v) is 4.22. The SMILES string of the molecule is CNCC1CCCC1Oc1ccccc1. The van der Waals surface area contributed by atoms with Crippen LogP contribution in [-0.2, 0) is 0 Å². The number of hydrogen-bond donors (Lipinski definition) is 1. The molecule has 0 amide bonds. The topological polar surface area (TPSA) is 21.3 Å². The van der Waals surface area contributed by atoms with Gasteiger partial charge in [-0.1, -0.05) is 18.2 Å². The maximum atomic E-state index is 6.00. The van der Waals surface area contributed by atoms with E-state index in [4.69, 9.17) is 4.74 Å². The summed E-state index contributed by atoms with van der Waals surface area (Å²) in [6.07, 6.45) is 4.18. The van der Waals surface area contributed by atoms with Crippen LogP contribution in [0.15, 0.2) is 30.3 Å². The van der Waals surface area contributed by atoms with Crippen LogP contribution in [0.4, 0.5) is 0 Å². The van der Waals surface area contributed by atoms with Crippen LogP contribution in [0.5, 0.6) is 5.75 Å². The summed E-state index contributed by atoms with van der Waals surface area (Å²) in [6.45, 7) is 1.07. The lowest BCUT2D eigenvalue weighted by Gasteiger charge is -2.20. The van der Waals surface area contributed by atoms with Crippen LogP contribution in [0.1, 0.15) is 19.3 Å². The molecule has 1 aliphatic carbocycles. The van der Waals surface area contributed by atoms with Crippen molar-refractivity contribution in [3.8, 4) is 5.75 Å². The molecule has 2 rings (SSSR count). The van der Waals surface area contributed by atoms with Crippen LogP contribution >= 0.6 is 0 Å². The molecule has 2 unspecified atom stereocenters. The van der Waals surface area contributed by atoms with Crippen molar-refractivity contribution in [2.45, 2.75) is 25.4 Å². The van der Waals surface area contributed by atoms with Gasteiger partial charge in [-0.2, -0.15) is 0 Å². The number of para-hydroxylation sites is 1. The zero-order valence-corrected chi connectivity index (χ0v) is 9.28.